The van der Waals surface area contributed by atoms with Gasteiger partial charge in [-0.25, -0.2) is 4.98 Å². The maximum Gasteiger partial charge on any atom is 0.121 e. The Kier molecular flexibility index (Phi) is 2.95. The number of halogens is 2. The predicted octanol–water partition coefficient (Wildman–Crippen LogP) is 5.14. The summed E-state index contributed by atoms with van der Waals surface area (Å²) in [6.07, 6.45) is 0. The van der Waals surface area contributed by atoms with E-state index in [-0.39, 0.29) is 5.37 Å². The molecule has 0 amide bonds. The highest BCUT2D eigenvalue weighted by Crippen LogP contribution is 2.46. The van der Waals surface area contributed by atoms with Crippen molar-refractivity contribution in [2.24, 2.45) is 0 Å². The number of hydrogen-bond donors (Lipinski definition) is 0. The Balaban J connectivity index is 1.97. The molecule has 2 aromatic carbocycles. The van der Waals surface area contributed by atoms with E-state index >= 15 is 0 Å². The van der Waals surface area contributed by atoms with Gasteiger partial charge in [-0.3, -0.25) is 0 Å². The molecule has 0 spiro atoms. The van der Waals surface area contributed by atoms with Crippen molar-refractivity contribution in [1.29, 1.82) is 0 Å². The van der Waals surface area contributed by atoms with E-state index in [9.17, 15) is 0 Å². The zero-order chi connectivity index (χ0) is 13.7. The van der Waals surface area contributed by atoms with Gasteiger partial charge in [0, 0.05) is 15.6 Å². The lowest BCUT2D eigenvalue weighted by Crippen LogP contribution is -2.04. The molecule has 2 nitrogen and oxygen atoms in total. The number of benzene rings is 2. The SMILES string of the molecule is Clc1cccc(Cl)c1[C@H]1SCc2nc3ccccc3n21. The van der Waals surface area contributed by atoms with Gasteiger partial charge in [-0.1, -0.05) is 41.4 Å². The molecular formula is C15H10Cl2N2S. The van der Waals surface area contributed by atoms with E-state index < -0.39 is 0 Å². The first kappa shape index (κ1) is 12.6. The molecule has 3 aromatic rings. The van der Waals surface area contributed by atoms with Gasteiger partial charge in [-0.2, -0.15) is 0 Å². The minimum atomic E-state index is 0.0959. The summed E-state index contributed by atoms with van der Waals surface area (Å²) in [5.41, 5.74) is 3.13. The van der Waals surface area contributed by atoms with Gasteiger partial charge in [0.2, 0.25) is 0 Å². The number of hydrogen-bond acceptors (Lipinski definition) is 2. The van der Waals surface area contributed by atoms with Crippen LogP contribution in [0.15, 0.2) is 42.5 Å². The second kappa shape index (κ2) is 4.69. The predicted molar refractivity (Wildman–Crippen MR) is 85.6 cm³/mol. The smallest absolute Gasteiger partial charge is 0.121 e. The zero-order valence-corrected chi connectivity index (χ0v) is 12.7. The number of thioether (sulfide) groups is 1. The molecular weight excluding hydrogens is 311 g/mol. The van der Waals surface area contributed by atoms with Crippen molar-refractivity contribution in [1.82, 2.24) is 9.55 Å². The summed E-state index contributed by atoms with van der Waals surface area (Å²) >= 11 is 14.5. The third kappa shape index (κ3) is 1.77. The highest BCUT2D eigenvalue weighted by molar-refractivity contribution is 7.99. The van der Waals surface area contributed by atoms with Crippen LogP contribution in [0.3, 0.4) is 0 Å². The van der Waals surface area contributed by atoms with Crippen LogP contribution in [-0.4, -0.2) is 9.55 Å². The van der Waals surface area contributed by atoms with Crippen LogP contribution in [0.1, 0.15) is 16.8 Å². The lowest BCUT2D eigenvalue weighted by atomic mass is 10.2. The second-order valence-electron chi connectivity index (χ2n) is 4.69. The monoisotopic (exact) mass is 320 g/mol. The molecule has 5 heteroatoms. The number of fused-ring (bicyclic) bond motifs is 3. The maximum atomic E-state index is 6.36. The Hall–Kier alpha value is -1.16. The number of imidazole rings is 1. The molecule has 0 fully saturated rings. The summed E-state index contributed by atoms with van der Waals surface area (Å²) in [6, 6.07) is 13.8. The van der Waals surface area contributed by atoms with E-state index in [2.05, 4.69) is 15.6 Å². The summed E-state index contributed by atoms with van der Waals surface area (Å²) in [5, 5.41) is 1.51. The summed E-state index contributed by atoms with van der Waals surface area (Å²) in [6.45, 7) is 0. The fourth-order valence-electron chi connectivity index (χ4n) is 2.64. The van der Waals surface area contributed by atoms with Crippen molar-refractivity contribution in [2.75, 3.05) is 0 Å². The number of para-hydroxylation sites is 2. The van der Waals surface area contributed by atoms with E-state index in [0.29, 0.717) is 10.0 Å². The molecule has 1 atom stereocenters. The average Bonchev–Trinajstić information content (AvgIpc) is 2.98. The summed E-state index contributed by atoms with van der Waals surface area (Å²) in [4.78, 5) is 4.68. The van der Waals surface area contributed by atoms with E-state index in [4.69, 9.17) is 23.2 Å². The number of rotatable bonds is 1. The fraction of sp³-hybridized carbons (Fsp3) is 0.133. The van der Waals surface area contributed by atoms with Gasteiger partial charge in [0.1, 0.15) is 11.2 Å². The van der Waals surface area contributed by atoms with Gasteiger partial charge in [0.25, 0.3) is 0 Å². The van der Waals surface area contributed by atoms with Crippen molar-refractivity contribution >= 4 is 46.0 Å². The minimum Gasteiger partial charge on any atom is -0.310 e. The molecule has 0 N–H and O–H groups in total. The standard InChI is InChI=1S/C15H10Cl2N2S/c16-9-4-3-5-10(17)14(9)15-19-12-7-2-1-6-11(12)18-13(19)8-20-15/h1-7,15H,8H2/t15-/m1/s1. The Morgan fingerprint density at radius 2 is 1.80 bits per heavy atom. The molecule has 0 bridgehead atoms. The van der Waals surface area contributed by atoms with Gasteiger partial charge in [0.15, 0.2) is 0 Å². The largest absolute Gasteiger partial charge is 0.310 e. The minimum absolute atomic E-state index is 0.0959. The fourth-order valence-corrected chi connectivity index (χ4v) is 4.69. The van der Waals surface area contributed by atoms with E-state index in [0.717, 1.165) is 28.2 Å². The van der Waals surface area contributed by atoms with Crippen molar-refractivity contribution < 1.29 is 0 Å². The first-order valence-electron chi connectivity index (χ1n) is 6.27. The summed E-state index contributed by atoms with van der Waals surface area (Å²) in [5.74, 6) is 1.96. The van der Waals surface area contributed by atoms with Gasteiger partial charge in [-0.05, 0) is 24.3 Å². The van der Waals surface area contributed by atoms with Crippen LogP contribution >= 0.6 is 35.0 Å². The summed E-state index contributed by atoms with van der Waals surface area (Å²) < 4.78 is 2.24. The van der Waals surface area contributed by atoms with Crippen LogP contribution in [0, 0.1) is 0 Å². The van der Waals surface area contributed by atoms with Crippen molar-refractivity contribution in [3.05, 3.63) is 63.9 Å². The number of nitrogens with zero attached hydrogens (tertiary/aromatic N) is 2. The second-order valence-corrected chi connectivity index (χ2v) is 6.57. The van der Waals surface area contributed by atoms with Crippen LogP contribution in [0.5, 0.6) is 0 Å². The third-order valence-electron chi connectivity index (χ3n) is 3.52. The highest BCUT2D eigenvalue weighted by Gasteiger charge is 2.30. The number of aromatic nitrogens is 2. The summed E-state index contributed by atoms with van der Waals surface area (Å²) in [7, 11) is 0. The highest BCUT2D eigenvalue weighted by atomic mass is 35.5. The molecule has 20 heavy (non-hydrogen) atoms. The van der Waals surface area contributed by atoms with Crippen molar-refractivity contribution in [3.63, 3.8) is 0 Å². The molecule has 0 unspecified atom stereocenters. The average molecular weight is 321 g/mol. The molecule has 100 valence electrons. The Labute approximate surface area is 130 Å². The van der Waals surface area contributed by atoms with Gasteiger partial charge >= 0.3 is 0 Å². The molecule has 1 aliphatic heterocycles. The van der Waals surface area contributed by atoms with E-state index in [1.165, 1.54) is 0 Å². The van der Waals surface area contributed by atoms with Crippen LogP contribution in [0.2, 0.25) is 10.0 Å². The molecule has 0 radical (unpaired) electrons. The normalized spacial score (nSPS) is 17.6. The first-order chi connectivity index (χ1) is 9.75. The van der Waals surface area contributed by atoms with Crippen LogP contribution in [0.4, 0.5) is 0 Å². The Bertz CT molecular complexity index is 792. The van der Waals surface area contributed by atoms with Crippen molar-refractivity contribution in [2.45, 2.75) is 11.1 Å². The molecule has 0 aliphatic carbocycles. The lowest BCUT2D eigenvalue weighted by Gasteiger charge is -2.17. The van der Waals surface area contributed by atoms with Crippen LogP contribution in [0.25, 0.3) is 11.0 Å². The quantitative estimate of drug-likeness (QED) is 0.618. The zero-order valence-electron chi connectivity index (χ0n) is 10.4. The van der Waals surface area contributed by atoms with Gasteiger partial charge in [-0.15, -0.1) is 11.8 Å². The molecule has 0 saturated heterocycles. The molecule has 4 rings (SSSR count). The lowest BCUT2D eigenvalue weighted by molar-refractivity contribution is 0.794. The maximum absolute atomic E-state index is 6.36. The Morgan fingerprint density at radius 3 is 2.60 bits per heavy atom. The molecule has 0 saturated carbocycles. The Morgan fingerprint density at radius 1 is 1.05 bits per heavy atom. The van der Waals surface area contributed by atoms with Crippen molar-refractivity contribution in [3.8, 4) is 0 Å². The molecule has 1 aromatic heterocycles. The molecule has 2 heterocycles. The van der Waals surface area contributed by atoms with Crippen LogP contribution in [-0.2, 0) is 5.75 Å². The van der Waals surface area contributed by atoms with Crippen LogP contribution < -0.4 is 0 Å². The molecule has 1 aliphatic rings. The first-order valence-corrected chi connectivity index (χ1v) is 8.07. The van der Waals surface area contributed by atoms with Gasteiger partial charge < -0.3 is 4.57 Å². The van der Waals surface area contributed by atoms with E-state index in [1.54, 1.807) is 11.8 Å². The van der Waals surface area contributed by atoms with Gasteiger partial charge in [0.05, 0.1) is 16.8 Å². The van der Waals surface area contributed by atoms with E-state index in [1.807, 2.05) is 36.4 Å². The third-order valence-corrected chi connectivity index (χ3v) is 5.37. The topological polar surface area (TPSA) is 17.8 Å².